The van der Waals surface area contributed by atoms with Gasteiger partial charge >= 0.3 is 5.97 Å². The fourth-order valence-electron chi connectivity index (χ4n) is 0.396. The van der Waals surface area contributed by atoms with Crippen LogP contribution in [-0.2, 0) is 14.3 Å². The molecule has 0 atom stereocenters. The van der Waals surface area contributed by atoms with Crippen LogP contribution in [0, 0.1) is 0 Å². The molecule has 0 saturated heterocycles. The molecule has 4 heteroatoms. The predicted molar refractivity (Wildman–Crippen MR) is 44.3 cm³/mol. The van der Waals surface area contributed by atoms with Crippen LogP contribution in [0.2, 0.25) is 0 Å². The van der Waals surface area contributed by atoms with Crippen molar-refractivity contribution >= 4 is 22.8 Å². The van der Waals surface area contributed by atoms with E-state index in [1.165, 1.54) is 13.2 Å². The zero-order valence-electron chi connectivity index (χ0n) is 6.33. The van der Waals surface area contributed by atoms with Crippen LogP contribution in [0.25, 0.3) is 0 Å². The van der Waals surface area contributed by atoms with Crippen LogP contribution in [0.15, 0.2) is 12.7 Å². The van der Waals surface area contributed by atoms with Crippen LogP contribution in [0.5, 0.6) is 0 Å². The van der Waals surface area contributed by atoms with Crippen molar-refractivity contribution in [3.8, 4) is 0 Å². The Morgan fingerprint density at radius 1 is 1.64 bits per heavy atom. The number of rotatable bonds is 4. The fourth-order valence-corrected chi connectivity index (χ4v) is 0.984. The second-order valence-electron chi connectivity index (χ2n) is 1.70. The minimum Gasteiger partial charge on any atom is -0.469 e. The first-order chi connectivity index (χ1) is 5.20. The monoisotopic (exact) mass is 174 g/mol. The Morgan fingerprint density at radius 3 is 2.73 bits per heavy atom. The number of carbonyl (C=O) groups excluding carboxylic acids is 2. The molecule has 0 aromatic heterocycles. The van der Waals surface area contributed by atoms with E-state index in [1.54, 1.807) is 0 Å². The van der Waals surface area contributed by atoms with E-state index in [2.05, 4.69) is 11.3 Å². The van der Waals surface area contributed by atoms with Crippen LogP contribution in [-0.4, -0.2) is 23.9 Å². The van der Waals surface area contributed by atoms with Gasteiger partial charge in [0.1, 0.15) is 0 Å². The lowest BCUT2D eigenvalue weighted by atomic mass is 10.5. The molecule has 62 valence electrons. The summed E-state index contributed by atoms with van der Waals surface area (Å²) in [6.45, 7) is 3.29. The molecule has 0 bridgehead atoms. The SMILES string of the molecule is C=CC(=O)SCCC(=O)OC. The van der Waals surface area contributed by atoms with E-state index < -0.39 is 0 Å². The average Bonchev–Trinajstić information content (AvgIpc) is 2.04. The second kappa shape index (κ2) is 5.97. The number of esters is 1. The van der Waals surface area contributed by atoms with Gasteiger partial charge in [-0.1, -0.05) is 18.3 Å². The van der Waals surface area contributed by atoms with E-state index in [4.69, 9.17) is 0 Å². The number of hydrogen-bond donors (Lipinski definition) is 0. The van der Waals surface area contributed by atoms with E-state index in [-0.39, 0.29) is 17.5 Å². The Kier molecular flexibility index (Phi) is 5.56. The summed E-state index contributed by atoms with van der Waals surface area (Å²) in [5.41, 5.74) is 0. The maximum Gasteiger partial charge on any atom is 0.306 e. The van der Waals surface area contributed by atoms with E-state index in [0.717, 1.165) is 11.8 Å². The predicted octanol–water partition coefficient (Wildman–Crippen LogP) is 0.995. The third-order valence-corrected chi connectivity index (χ3v) is 1.80. The molecule has 0 unspecified atom stereocenters. The van der Waals surface area contributed by atoms with Crippen LogP contribution in [0.3, 0.4) is 0 Å². The summed E-state index contributed by atoms with van der Waals surface area (Å²) in [4.78, 5) is 21.1. The minimum absolute atomic E-state index is 0.117. The Labute approximate surface area is 69.8 Å². The summed E-state index contributed by atoms with van der Waals surface area (Å²) in [6, 6.07) is 0. The van der Waals surface area contributed by atoms with Gasteiger partial charge in [-0.3, -0.25) is 9.59 Å². The molecular formula is C7H10O3S. The van der Waals surface area contributed by atoms with Crippen molar-refractivity contribution < 1.29 is 14.3 Å². The van der Waals surface area contributed by atoms with Gasteiger partial charge in [-0.15, -0.1) is 0 Å². The van der Waals surface area contributed by atoms with Crippen molar-refractivity contribution in [3.63, 3.8) is 0 Å². The largest absolute Gasteiger partial charge is 0.469 e. The summed E-state index contributed by atoms with van der Waals surface area (Å²) >= 11 is 1.06. The van der Waals surface area contributed by atoms with Crippen molar-refractivity contribution in [2.75, 3.05) is 12.9 Å². The normalized spacial score (nSPS) is 8.82. The number of hydrogen-bond acceptors (Lipinski definition) is 4. The van der Waals surface area contributed by atoms with Gasteiger partial charge in [-0.05, 0) is 6.08 Å². The zero-order chi connectivity index (χ0) is 8.69. The van der Waals surface area contributed by atoms with Gasteiger partial charge in [0, 0.05) is 5.75 Å². The lowest BCUT2D eigenvalue weighted by molar-refractivity contribution is -0.140. The molecule has 0 aliphatic carbocycles. The molecule has 0 heterocycles. The van der Waals surface area contributed by atoms with E-state index >= 15 is 0 Å². The van der Waals surface area contributed by atoms with Gasteiger partial charge in [-0.2, -0.15) is 0 Å². The molecule has 0 N–H and O–H groups in total. The quantitative estimate of drug-likeness (QED) is 0.471. The molecule has 0 saturated carbocycles. The van der Waals surface area contributed by atoms with Gasteiger partial charge in [0.15, 0.2) is 0 Å². The number of carbonyl (C=O) groups is 2. The molecule has 0 amide bonds. The number of methoxy groups -OCH3 is 1. The Hall–Kier alpha value is -0.770. The summed E-state index contributed by atoms with van der Waals surface area (Å²) in [5, 5.41) is -0.117. The Morgan fingerprint density at radius 2 is 2.27 bits per heavy atom. The van der Waals surface area contributed by atoms with Gasteiger partial charge in [0.2, 0.25) is 5.12 Å². The van der Waals surface area contributed by atoms with Crippen molar-refractivity contribution in [1.29, 1.82) is 0 Å². The maximum atomic E-state index is 10.6. The molecule has 0 spiro atoms. The highest BCUT2D eigenvalue weighted by Gasteiger charge is 2.01. The molecule has 0 aliphatic heterocycles. The molecular weight excluding hydrogens is 164 g/mol. The molecule has 0 fully saturated rings. The van der Waals surface area contributed by atoms with Crippen LogP contribution in [0.1, 0.15) is 6.42 Å². The van der Waals surface area contributed by atoms with Crippen molar-refractivity contribution in [2.45, 2.75) is 6.42 Å². The van der Waals surface area contributed by atoms with Gasteiger partial charge in [-0.25, -0.2) is 0 Å². The molecule has 3 nitrogen and oxygen atoms in total. The summed E-state index contributed by atoms with van der Waals surface area (Å²) < 4.78 is 4.38. The van der Waals surface area contributed by atoms with Crippen molar-refractivity contribution in [3.05, 3.63) is 12.7 Å². The Balaban J connectivity index is 3.34. The number of ether oxygens (including phenoxy) is 1. The van der Waals surface area contributed by atoms with E-state index in [9.17, 15) is 9.59 Å². The van der Waals surface area contributed by atoms with E-state index in [1.807, 2.05) is 0 Å². The molecule has 0 aromatic rings. The highest BCUT2D eigenvalue weighted by Crippen LogP contribution is 2.04. The molecule has 0 rings (SSSR count). The lowest BCUT2D eigenvalue weighted by Crippen LogP contribution is -2.02. The topological polar surface area (TPSA) is 43.4 Å². The maximum absolute atomic E-state index is 10.6. The summed E-state index contributed by atoms with van der Waals surface area (Å²) in [6.07, 6.45) is 1.49. The highest BCUT2D eigenvalue weighted by molar-refractivity contribution is 8.14. The molecule has 0 aromatic carbocycles. The van der Waals surface area contributed by atoms with Gasteiger partial charge in [0.25, 0.3) is 0 Å². The summed E-state index contributed by atoms with van der Waals surface area (Å²) in [7, 11) is 1.32. The van der Waals surface area contributed by atoms with Crippen LogP contribution in [0.4, 0.5) is 0 Å². The zero-order valence-corrected chi connectivity index (χ0v) is 7.15. The first-order valence-corrected chi connectivity index (χ1v) is 4.05. The molecule has 0 radical (unpaired) electrons. The van der Waals surface area contributed by atoms with Crippen molar-refractivity contribution in [1.82, 2.24) is 0 Å². The summed E-state index contributed by atoms with van der Waals surface area (Å²) in [5.74, 6) is 0.159. The van der Waals surface area contributed by atoms with Gasteiger partial charge in [0.05, 0.1) is 13.5 Å². The van der Waals surface area contributed by atoms with Gasteiger partial charge < -0.3 is 4.74 Å². The first kappa shape index (κ1) is 10.2. The molecule has 11 heavy (non-hydrogen) atoms. The van der Waals surface area contributed by atoms with Crippen LogP contribution >= 0.6 is 11.8 Å². The number of thioether (sulfide) groups is 1. The van der Waals surface area contributed by atoms with Crippen LogP contribution < -0.4 is 0 Å². The average molecular weight is 174 g/mol. The third kappa shape index (κ3) is 5.66. The smallest absolute Gasteiger partial charge is 0.306 e. The van der Waals surface area contributed by atoms with Crippen molar-refractivity contribution in [2.24, 2.45) is 0 Å². The standard InChI is InChI=1S/C7H10O3S/c1-3-7(9)11-5-4-6(8)10-2/h3H,1,4-5H2,2H3. The lowest BCUT2D eigenvalue weighted by Gasteiger charge is -1.95. The minimum atomic E-state index is -0.297. The molecule has 0 aliphatic rings. The Bertz CT molecular complexity index is 165. The third-order valence-electron chi connectivity index (χ3n) is 0.945. The van der Waals surface area contributed by atoms with E-state index in [0.29, 0.717) is 5.75 Å². The fraction of sp³-hybridized carbons (Fsp3) is 0.429. The first-order valence-electron chi connectivity index (χ1n) is 3.06. The highest BCUT2D eigenvalue weighted by atomic mass is 32.2. The second-order valence-corrected chi connectivity index (χ2v) is 2.80.